The van der Waals surface area contributed by atoms with Gasteiger partial charge >= 0.3 is 5.97 Å². The van der Waals surface area contributed by atoms with Crippen molar-refractivity contribution in [2.75, 3.05) is 31.1 Å². The summed E-state index contributed by atoms with van der Waals surface area (Å²) < 4.78 is 0. The Balaban J connectivity index is 0.000000218. The first kappa shape index (κ1) is 44.6. The van der Waals surface area contributed by atoms with Gasteiger partial charge in [0.15, 0.2) is 0 Å². The summed E-state index contributed by atoms with van der Waals surface area (Å²) in [5.74, 6) is 0.126. The number of hydrogen-bond donors (Lipinski definition) is 2. The number of thioether (sulfide) groups is 3. The van der Waals surface area contributed by atoms with Gasteiger partial charge in [-0.2, -0.15) is 0 Å². The fraction of sp³-hybridized carbons (Fsp3) is 0.422. The van der Waals surface area contributed by atoms with Crippen LogP contribution in [-0.4, -0.2) is 92.3 Å². The van der Waals surface area contributed by atoms with Crippen LogP contribution in [0, 0.1) is 5.92 Å². The Hall–Kier alpha value is -3.55. The van der Waals surface area contributed by atoms with Crippen molar-refractivity contribution in [3.8, 4) is 0 Å². The van der Waals surface area contributed by atoms with Crippen LogP contribution in [0.5, 0.6) is 0 Å². The number of carbonyl (C=O) groups excluding carboxylic acids is 3. The Morgan fingerprint density at radius 2 is 1.60 bits per heavy atom. The van der Waals surface area contributed by atoms with Crippen molar-refractivity contribution in [3.05, 3.63) is 125 Å². The minimum absolute atomic E-state index is 0.0335. The van der Waals surface area contributed by atoms with Gasteiger partial charge in [0.1, 0.15) is 6.54 Å². The Morgan fingerprint density at radius 3 is 2.23 bits per heavy atom. The molecule has 57 heavy (non-hydrogen) atoms. The summed E-state index contributed by atoms with van der Waals surface area (Å²) >= 11 is 6.51. The van der Waals surface area contributed by atoms with Crippen LogP contribution in [0.2, 0.25) is 0 Å². The number of carboxylic acids is 1. The molecule has 3 heterocycles. The average molecular weight is 846 g/mol. The number of nitrogens with one attached hydrogen (secondary N) is 1. The van der Waals surface area contributed by atoms with E-state index in [1.54, 1.807) is 23.1 Å². The number of carboxylic acid groups (broad SMARTS) is 1. The van der Waals surface area contributed by atoms with Gasteiger partial charge in [-0.25, -0.2) is 0 Å². The molecule has 3 aromatic carbocycles. The highest BCUT2D eigenvalue weighted by Gasteiger charge is 2.37. The third-order valence-corrected chi connectivity index (χ3v) is 15.1. The molecule has 12 heteroatoms. The molecular formula is C45H55N3O5S4. The van der Waals surface area contributed by atoms with Crippen LogP contribution in [0.1, 0.15) is 72.5 Å². The lowest BCUT2D eigenvalue weighted by Gasteiger charge is -2.27. The first-order valence-electron chi connectivity index (χ1n) is 19.8. The summed E-state index contributed by atoms with van der Waals surface area (Å²) in [6.45, 7) is 7.20. The quantitative estimate of drug-likeness (QED) is 0.114. The minimum atomic E-state index is -0.968. The zero-order chi connectivity index (χ0) is 40.6. The number of likely N-dealkylation sites (tertiary alicyclic amines) is 1. The average Bonchev–Trinajstić information content (AvgIpc) is 3.90. The predicted molar refractivity (Wildman–Crippen MR) is 238 cm³/mol. The molecule has 4 aromatic rings. The number of amides is 2. The van der Waals surface area contributed by atoms with E-state index in [0.717, 1.165) is 38.6 Å². The molecule has 2 fully saturated rings. The molecule has 6 unspecified atom stereocenters. The molecule has 0 radical (unpaired) electrons. The van der Waals surface area contributed by atoms with Gasteiger partial charge in [-0.05, 0) is 61.2 Å². The third kappa shape index (κ3) is 13.8. The lowest BCUT2D eigenvalue weighted by Crippen LogP contribution is -2.51. The van der Waals surface area contributed by atoms with E-state index in [1.807, 2.05) is 84.7 Å². The van der Waals surface area contributed by atoms with Crippen molar-refractivity contribution >= 4 is 69.5 Å². The maximum atomic E-state index is 13.1. The molecule has 8 nitrogen and oxygen atoms in total. The molecule has 2 amide bonds. The molecular weight excluding hydrogens is 791 g/mol. The number of aryl methyl sites for hydroxylation is 1. The van der Waals surface area contributed by atoms with E-state index < -0.39 is 5.97 Å². The highest BCUT2D eigenvalue weighted by molar-refractivity contribution is 8.14. The number of carbonyl (C=O) groups is 4. The first-order valence-corrected chi connectivity index (χ1v) is 23.6. The number of rotatable bonds is 16. The van der Waals surface area contributed by atoms with Crippen LogP contribution in [0.4, 0.5) is 0 Å². The standard InChI is InChI=1S/C23H27NO2S2.C22H28N2O3S2/c1-3-19-14-21(28-20-12-8-5-9-13-20)15-24(19)22(25)17(2)16-27-23(26)18-10-6-4-7-11-18;1-2-17(11-10-16-7-4-3-5-8-16)23-18-15-29-20(19-9-6-12-28-19)13-24(22(18)27)14-21(25)26/h4-13,17,19,21H,3,14-16H2,1-2H3;3-9,12,17-18,20,23H,2,10-11,13-15H2,1H3,(H,25,26). The van der Waals surface area contributed by atoms with Crippen LogP contribution < -0.4 is 5.32 Å². The van der Waals surface area contributed by atoms with E-state index in [-0.39, 0.29) is 46.7 Å². The molecule has 304 valence electrons. The molecule has 0 saturated carbocycles. The van der Waals surface area contributed by atoms with Crippen LogP contribution in [0.3, 0.4) is 0 Å². The van der Waals surface area contributed by atoms with Gasteiger partial charge in [0.05, 0.1) is 11.3 Å². The van der Waals surface area contributed by atoms with E-state index in [1.165, 1.54) is 32.0 Å². The third-order valence-electron chi connectivity index (χ3n) is 10.3. The lowest BCUT2D eigenvalue weighted by atomic mass is 10.0. The summed E-state index contributed by atoms with van der Waals surface area (Å²) in [6.07, 6.45) is 4.83. The fourth-order valence-electron chi connectivity index (χ4n) is 7.11. The van der Waals surface area contributed by atoms with Crippen molar-refractivity contribution < 1.29 is 24.3 Å². The van der Waals surface area contributed by atoms with Gasteiger partial charge in [0, 0.05) is 63.2 Å². The van der Waals surface area contributed by atoms with Crippen molar-refractivity contribution in [1.29, 1.82) is 0 Å². The fourth-order valence-corrected chi connectivity index (χ4v) is 11.5. The van der Waals surface area contributed by atoms with Gasteiger partial charge in [-0.1, -0.05) is 117 Å². The van der Waals surface area contributed by atoms with Crippen LogP contribution in [0.25, 0.3) is 0 Å². The zero-order valence-electron chi connectivity index (χ0n) is 33.0. The first-order chi connectivity index (χ1) is 27.6. The number of nitrogens with zero attached hydrogens (tertiary/aromatic N) is 2. The summed E-state index contributed by atoms with van der Waals surface area (Å²) in [7, 11) is 0. The van der Waals surface area contributed by atoms with Crippen molar-refractivity contribution in [1.82, 2.24) is 15.1 Å². The van der Waals surface area contributed by atoms with Gasteiger partial charge < -0.3 is 20.2 Å². The number of hydrogen-bond acceptors (Lipinski definition) is 9. The molecule has 2 N–H and O–H groups in total. The summed E-state index contributed by atoms with van der Waals surface area (Å²) in [5.41, 5.74) is 1.98. The second-order valence-corrected chi connectivity index (χ2v) is 19.1. The number of thiophene rings is 1. The molecule has 0 bridgehead atoms. The highest BCUT2D eigenvalue weighted by Crippen LogP contribution is 2.37. The van der Waals surface area contributed by atoms with Crippen LogP contribution in [0.15, 0.2) is 113 Å². The van der Waals surface area contributed by atoms with E-state index in [2.05, 4.69) is 66.5 Å². The SMILES string of the molecule is CCC(CCc1ccccc1)NC1CSC(c2cccs2)CN(CC(=O)O)C1=O.CCC1CC(Sc2ccccc2)CN1C(=O)C(C)CSC(=O)c1ccccc1. The van der Waals surface area contributed by atoms with E-state index in [0.29, 0.717) is 34.9 Å². The van der Waals surface area contributed by atoms with Gasteiger partial charge in [-0.15, -0.1) is 34.9 Å². The molecule has 6 atom stereocenters. The molecule has 0 aliphatic carbocycles. The zero-order valence-corrected chi connectivity index (χ0v) is 36.3. The minimum Gasteiger partial charge on any atom is -0.480 e. The van der Waals surface area contributed by atoms with E-state index >= 15 is 0 Å². The second-order valence-electron chi connectivity index (χ2n) is 14.5. The Kier molecular flexibility index (Phi) is 18.1. The van der Waals surface area contributed by atoms with E-state index in [4.69, 9.17) is 0 Å². The molecule has 0 spiro atoms. The van der Waals surface area contributed by atoms with Crippen molar-refractivity contribution in [2.24, 2.45) is 5.92 Å². The highest BCUT2D eigenvalue weighted by atomic mass is 32.2. The number of aliphatic carboxylic acids is 1. The van der Waals surface area contributed by atoms with Crippen LogP contribution >= 0.6 is 46.6 Å². The van der Waals surface area contributed by atoms with Gasteiger partial charge in [-0.3, -0.25) is 19.2 Å². The van der Waals surface area contributed by atoms with Crippen molar-refractivity contribution in [2.45, 2.75) is 86.4 Å². The van der Waals surface area contributed by atoms with Crippen LogP contribution in [-0.2, 0) is 20.8 Å². The molecule has 2 saturated heterocycles. The van der Waals surface area contributed by atoms with E-state index in [9.17, 15) is 24.3 Å². The summed E-state index contributed by atoms with van der Waals surface area (Å²) in [6, 6.07) is 34.2. The van der Waals surface area contributed by atoms with Crippen molar-refractivity contribution in [3.63, 3.8) is 0 Å². The Bertz CT molecular complexity index is 1830. The topological polar surface area (TPSA) is 107 Å². The van der Waals surface area contributed by atoms with Gasteiger partial charge in [0.25, 0.3) is 0 Å². The maximum absolute atomic E-state index is 13.1. The molecule has 6 rings (SSSR count). The monoisotopic (exact) mass is 845 g/mol. The summed E-state index contributed by atoms with van der Waals surface area (Å²) in [5, 5.41) is 15.4. The Labute approximate surface area is 355 Å². The normalized spacial score (nSPS) is 20.6. The largest absolute Gasteiger partial charge is 0.480 e. The summed E-state index contributed by atoms with van der Waals surface area (Å²) in [4.78, 5) is 55.8. The number of benzene rings is 3. The molecule has 2 aliphatic rings. The Morgan fingerprint density at radius 1 is 0.912 bits per heavy atom. The molecule has 1 aromatic heterocycles. The molecule has 2 aliphatic heterocycles. The lowest BCUT2D eigenvalue weighted by molar-refractivity contribution is -0.145. The second kappa shape index (κ2) is 23.1. The smallest absolute Gasteiger partial charge is 0.323 e. The maximum Gasteiger partial charge on any atom is 0.323 e. The predicted octanol–water partition coefficient (Wildman–Crippen LogP) is 9.19. The van der Waals surface area contributed by atoms with Gasteiger partial charge in [0.2, 0.25) is 16.9 Å².